The molecule has 1 aliphatic rings. The number of benzene rings is 1. The zero-order valence-corrected chi connectivity index (χ0v) is 14.8. The second kappa shape index (κ2) is 5.75. The smallest absolute Gasteiger partial charge is 0.341 e. The van der Waals surface area contributed by atoms with Crippen LogP contribution in [0.4, 0.5) is 0 Å². The lowest BCUT2D eigenvalue weighted by molar-refractivity contribution is -0.134. The van der Waals surface area contributed by atoms with Crippen LogP contribution in [0.1, 0.15) is 20.3 Å². The Morgan fingerprint density at radius 2 is 1.80 bits per heavy atom. The third-order valence-electron chi connectivity index (χ3n) is 5.11. The predicted molar refractivity (Wildman–Crippen MR) is 95.5 cm³/mol. The number of amides is 1. The Bertz CT molecular complexity index is 1000. The first-order chi connectivity index (χ1) is 12.0. The van der Waals surface area contributed by atoms with Gasteiger partial charge in [-0.25, -0.2) is 13.9 Å². The van der Waals surface area contributed by atoms with Gasteiger partial charge in [0.1, 0.15) is 6.54 Å². The number of imidazole rings is 1. The van der Waals surface area contributed by atoms with Gasteiger partial charge in [-0.15, -0.1) is 5.10 Å². The van der Waals surface area contributed by atoms with Gasteiger partial charge in [0.05, 0.1) is 11.0 Å². The van der Waals surface area contributed by atoms with Crippen molar-refractivity contribution in [3.8, 4) is 0 Å². The zero-order chi connectivity index (χ0) is 17.7. The molecule has 25 heavy (non-hydrogen) atoms. The fourth-order valence-electron chi connectivity index (χ4n) is 4.07. The van der Waals surface area contributed by atoms with Gasteiger partial charge in [0.25, 0.3) is 0 Å². The summed E-state index contributed by atoms with van der Waals surface area (Å²) in [5, 5.41) is 4.40. The van der Waals surface area contributed by atoms with Crippen LogP contribution >= 0.6 is 0 Å². The van der Waals surface area contributed by atoms with Gasteiger partial charge in [-0.1, -0.05) is 26.0 Å². The Morgan fingerprint density at radius 3 is 2.48 bits per heavy atom. The second-order valence-electron chi connectivity index (χ2n) is 7.37. The van der Waals surface area contributed by atoms with Crippen LogP contribution in [0, 0.1) is 11.8 Å². The molecule has 1 aliphatic heterocycles. The number of aryl methyl sites for hydroxylation is 1. The summed E-state index contributed by atoms with van der Waals surface area (Å²) < 4.78 is 4.74. The van der Waals surface area contributed by atoms with E-state index in [-0.39, 0.29) is 18.1 Å². The van der Waals surface area contributed by atoms with Crippen LogP contribution in [-0.4, -0.2) is 42.6 Å². The van der Waals surface area contributed by atoms with Crippen molar-refractivity contribution in [1.82, 2.24) is 23.6 Å². The lowest BCUT2D eigenvalue weighted by atomic mass is 9.92. The standard InChI is InChI=1S/C18H23N5O2/c1-12-8-13(2)10-21(9-12)16(24)11-22-18(25)23-15-7-5-4-6-14(15)20(3)17(23)19-22/h4-7,12-13H,8-11H2,1-3H3. The predicted octanol–water partition coefficient (Wildman–Crippen LogP) is 1.49. The van der Waals surface area contributed by atoms with Crippen molar-refractivity contribution >= 4 is 22.7 Å². The number of likely N-dealkylation sites (tertiary alicyclic amines) is 1. The summed E-state index contributed by atoms with van der Waals surface area (Å²) >= 11 is 0. The molecule has 0 saturated carbocycles. The molecule has 2 aromatic heterocycles. The summed E-state index contributed by atoms with van der Waals surface area (Å²) in [6.07, 6.45) is 1.14. The summed E-state index contributed by atoms with van der Waals surface area (Å²) in [5.74, 6) is 1.51. The van der Waals surface area contributed by atoms with Crippen LogP contribution in [0.2, 0.25) is 0 Å². The van der Waals surface area contributed by atoms with E-state index in [2.05, 4.69) is 18.9 Å². The maximum atomic E-state index is 12.8. The minimum absolute atomic E-state index is 0.00567. The number of hydrogen-bond donors (Lipinski definition) is 0. The molecule has 1 saturated heterocycles. The number of nitrogens with zero attached hydrogens (tertiary/aromatic N) is 5. The number of carbonyl (C=O) groups excluding carboxylic acids is 1. The Labute approximate surface area is 145 Å². The monoisotopic (exact) mass is 341 g/mol. The molecule has 2 unspecified atom stereocenters. The van der Waals surface area contributed by atoms with Gasteiger partial charge < -0.3 is 9.47 Å². The van der Waals surface area contributed by atoms with Crippen LogP contribution < -0.4 is 5.69 Å². The van der Waals surface area contributed by atoms with E-state index in [9.17, 15) is 9.59 Å². The van der Waals surface area contributed by atoms with Gasteiger partial charge in [-0.2, -0.15) is 0 Å². The molecule has 2 atom stereocenters. The Kier molecular flexibility index (Phi) is 3.67. The lowest BCUT2D eigenvalue weighted by Gasteiger charge is -2.34. The molecule has 3 heterocycles. The highest BCUT2D eigenvalue weighted by atomic mass is 16.2. The van der Waals surface area contributed by atoms with E-state index < -0.39 is 0 Å². The van der Waals surface area contributed by atoms with Crippen molar-refractivity contribution in [3.63, 3.8) is 0 Å². The SMILES string of the molecule is CC1CC(C)CN(C(=O)Cn2nc3n(C)c4ccccc4n3c2=O)C1. The molecule has 7 heteroatoms. The first-order valence-electron chi connectivity index (χ1n) is 8.76. The van der Waals surface area contributed by atoms with Crippen molar-refractivity contribution in [2.75, 3.05) is 13.1 Å². The summed E-state index contributed by atoms with van der Waals surface area (Å²) in [6, 6.07) is 7.68. The number of rotatable bonds is 2. The molecule has 0 radical (unpaired) electrons. The van der Waals surface area contributed by atoms with Gasteiger partial charge in [0.15, 0.2) is 0 Å². The second-order valence-corrected chi connectivity index (χ2v) is 7.37. The van der Waals surface area contributed by atoms with Crippen molar-refractivity contribution in [2.24, 2.45) is 18.9 Å². The van der Waals surface area contributed by atoms with Gasteiger partial charge in [0.2, 0.25) is 11.7 Å². The third kappa shape index (κ3) is 2.54. The van der Waals surface area contributed by atoms with Crippen molar-refractivity contribution < 1.29 is 4.79 Å². The number of hydrogen-bond acceptors (Lipinski definition) is 3. The average molecular weight is 341 g/mol. The highest BCUT2D eigenvalue weighted by Crippen LogP contribution is 2.21. The summed E-state index contributed by atoms with van der Waals surface area (Å²) in [7, 11) is 1.88. The highest BCUT2D eigenvalue weighted by molar-refractivity contribution is 5.80. The van der Waals surface area contributed by atoms with Gasteiger partial charge in [-0.3, -0.25) is 4.79 Å². The molecule has 3 aromatic rings. The number of piperidine rings is 1. The number of para-hydroxylation sites is 2. The Hall–Kier alpha value is -2.57. The molecule has 1 fully saturated rings. The molecular weight excluding hydrogens is 318 g/mol. The van der Waals surface area contributed by atoms with E-state index in [0.29, 0.717) is 17.6 Å². The van der Waals surface area contributed by atoms with E-state index in [1.54, 1.807) is 4.40 Å². The van der Waals surface area contributed by atoms with Gasteiger partial charge >= 0.3 is 5.69 Å². The van der Waals surface area contributed by atoms with Crippen LogP contribution in [0.15, 0.2) is 29.1 Å². The summed E-state index contributed by atoms with van der Waals surface area (Å²) in [4.78, 5) is 27.3. The lowest BCUT2D eigenvalue weighted by Crippen LogP contribution is -2.45. The van der Waals surface area contributed by atoms with E-state index in [1.165, 1.54) is 4.68 Å². The van der Waals surface area contributed by atoms with Crippen molar-refractivity contribution in [3.05, 3.63) is 34.7 Å². The van der Waals surface area contributed by atoms with Crippen LogP contribution in [0.5, 0.6) is 0 Å². The largest absolute Gasteiger partial charge is 0.352 e. The van der Waals surface area contributed by atoms with Crippen LogP contribution in [0.3, 0.4) is 0 Å². The normalized spacial score (nSPS) is 21.3. The van der Waals surface area contributed by atoms with Crippen molar-refractivity contribution in [2.45, 2.75) is 26.8 Å². The fraction of sp³-hybridized carbons (Fsp3) is 0.500. The molecule has 0 bridgehead atoms. The number of fused-ring (bicyclic) bond motifs is 3. The molecule has 0 spiro atoms. The number of aromatic nitrogens is 4. The Morgan fingerprint density at radius 1 is 1.16 bits per heavy atom. The van der Waals surface area contributed by atoms with Gasteiger partial charge in [0, 0.05) is 20.1 Å². The molecule has 0 N–H and O–H groups in total. The summed E-state index contributed by atoms with van der Waals surface area (Å²) in [5.41, 5.74) is 1.49. The fourth-order valence-corrected chi connectivity index (χ4v) is 4.07. The van der Waals surface area contributed by atoms with E-state index in [1.807, 2.05) is 40.8 Å². The molecule has 1 aromatic carbocycles. The van der Waals surface area contributed by atoms with E-state index in [0.717, 1.165) is 30.5 Å². The zero-order valence-electron chi connectivity index (χ0n) is 14.8. The molecule has 7 nitrogen and oxygen atoms in total. The topological polar surface area (TPSA) is 64.5 Å². The minimum Gasteiger partial charge on any atom is -0.341 e. The molecule has 1 amide bonds. The van der Waals surface area contributed by atoms with E-state index in [4.69, 9.17) is 0 Å². The van der Waals surface area contributed by atoms with Crippen LogP contribution in [-0.2, 0) is 18.4 Å². The van der Waals surface area contributed by atoms with Crippen LogP contribution in [0.25, 0.3) is 16.8 Å². The summed E-state index contributed by atoms with van der Waals surface area (Å²) in [6.45, 7) is 5.84. The minimum atomic E-state index is -0.266. The van der Waals surface area contributed by atoms with Gasteiger partial charge in [-0.05, 0) is 30.4 Å². The number of carbonyl (C=O) groups is 1. The quantitative estimate of drug-likeness (QED) is 0.709. The Balaban J connectivity index is 1.68. The highest BCUT2D eigenvalue weighted by Gasteiger charge is 2.26. The maximum Gasteiger partial charge on any atom is 0.352 e. The average Bonchev–Trinajstić information content (AvgIpc) is 3.03. The first kappa shape index (κ1) is 15.9. The molecule has 4 rings (SSSR count). The molecule has 0 aliphatic carbocycles. The maximum absolute atomic E-state index is 12.8. The third-order valence-corrected chi connectivity index (χ3v) is 5.11. The first-order valence-corrected chi connectivity index (χ1v) is 8.76. The molecule has 132 valence electrons. The van der Waals surface area contributed by atoms with E-state index >= 15 is 0 Å². The van der Waals surface area contributed by atoms with Crippen molar-refractivity contribution in [1.29, 1.82) is 0 Å². The molecular formula is C18H23N5O2.